The molecule has 3 aliphatic carbocycles. The van der Waals surface area contributed by atoms with E-state index >= 15 is 0 Å². The Bertz CT molecular complexity index is 1670. The lowest BCUT2D eigenvalue weighted by Crippen LogP contribution is -2.44. The second kappa shape index (κ2) is 12.6. The molecule has 230 valence electrons. The molecule has 7 rings (SSSR count). The van der Waals surface area contributed by atoms with Gasteiger partial charge in [0.05, 0.1) is 30.9 Å². The summed E-state index contributed by atoms with van der Waals surface area (Å²) in [6.45, 7) is 2.01. The molecule has 2 amide bonds. The number of hydrogen-bond acceptors (Lipinski definition) is 8. The Hall–Kier alpha value is -4.52. The number of pyridine rings is 1. The molecule has 3 heterocycles. The molecule has 0 radical (unpaired) electrons. The molecule has 0 saturated heterocycles. The van der Waals surface area contributed by atoms with Gasteiger partial charge < -0.3 is 21.3 Å². The molecule has 3 fully saturated rings. The zero-order chi connectivity index (χ0) is 30.8. The van der Waals surface area contributed by atoms with Crippen LogP contribution in [0.1, 0.15) is 44.6 Å². The van der Waals surface area contributed by atoms with Crippen LogP contribution in [0.15, 0.2) is 42.7 Å². The minimum atomic E-state index is -0.710. The minimum absolute atomic E-state index is 0.115. The largest absolute Gasteiger partial charge is 0.364 e. The summed E-state index contributed by atoms with van der Waals surface area (Å²) in [4.78, 5) is 37.2. The van der Waals surface area contributed by atoms with Crippen LogP contribution >= 0.6 is 0 Å². The molecule has 1 aromatic carbocycles. The van der Waals surface area contributed by atoms with Gasteiger partial charge in [0.1, 0.15) is 17.6 Å². The van der Waals surface area contributed by atoms with Crippen molar-refractivity contribution in [2.75, 3.05) is 24.2 Å². The number of aromatic nitrogens is 5. The zero-order valence-electron chi connectivity index (χ0n) is 24.6. The lowest BCUT2D eigenvalue weighted by molar-refractivity contribution is -0.125. The van der Waals surface area contributed by atoms with Crippen molar-refractivity contribution < 1.29 is 18.4 Å². The second-order valence-electron chi connectivity index (χ2n) is 11.7. The van der Waals surface area contributed by atoms with Crippen LogP contribution in [0.25, 0.3) is 22.6 Å². The predicted molar refractivity (Wildman–Crippen MR) is 162 cm³/mol. The van der Waals surface area contributed by atoms with Crippen LogP contribution in [0, 0.1) is 23.5 Å². The number of hydrogen-bond donors (Lipinski definition) is 4. The van der Waals surface area contributed by atoms with Crippen molar-refractivity contribution in [3.8, 4) is 11.5 Å². The summed E-state index contributed by atoms with van der Waals surface area (Å²) in [6, 6.07) is 7.92. The van der Waals surface area contributed by atoms with Crippen molar-refractivity contribution in [1.29, 1.82) is 0 Å². The minimum Gasteiger partial charge on any atom is -0.364 e. The zero-order valence-corrected chi connectivity index (χ0v) is 24.6. The summed E-state index contributed by atoms with van der Waals surface area (Å²) in [5.41, 5.74) is 2.14. The SMILES string of the molecule is CNCC(=O)NC(C)C(=O)Nc1ccc(Cn2nc(-c3ncc(F)c(NC4CC5CCC4CC5)n3)c3cc(F)cnc32)cc1. The molecule has 0 spiro atoms. The van der Waals surface area contributed by atoms with E-state index in [2.05, 4.69) is 41.3 Å². The van der Waals surface area contributed by atoms with Gasteiger partial charge in [-0.3, -0.25) is 9.59 Å². The van der Waals surface area contributed by atoms with Gasteiger partial charge in [0.2, 0.25) is 11.8 Å². The van der Waals surface area contributed by atoms with E-state index in [1.54, 1.807) is 30.8 Å². The van der Waals surface area contributed by atoms with Crippen molar-refractivity contribution >= 4 is 34.4 Å². The number of carbonyl (C=O) groups is 2. The van der Waals surface area contributed by atoms with E-state index in [-0.39, 0.29) is 42.6 Å². The summed E-state index contributed by atoms with van der Waals surface area (Å²) in [6.07, 6.45) is 8.00. The monoisotopic (exact) mass is 603 g/mol. The highest BCUT2D eigenvalue weighted by molar-refractivity contribution is 5.97. The lowest BCUT2D eigenvalue weighted by Gasteiger charge is -2.42. The van der Waals surface area contributed by atoms with Gasteiger partial charge in [0, 0.05) is 11.7 Å². The Morgan fingerprint density at radius 1 is 1.07 bits per heavy atom. The number of fused-ring (bicyclic) bond motifs is 4. The molecule has 3 saturated carbocycles. The second-order valence-corrected chi connectivity index (χ2v) is 11.7. The third kappa shape index (κ3) is 6.37. The van der Waals surface area contributed by atoms with Crippen LogP contribution in [-0.4, -0.2) is 62.2 Å². The average molecular weight is 604 g/mol. The highest BCUT2D eigenvalue weighted by atomic mass is 19.1. The first kappa shape index (κ1) is 29.5. The lowest BCUT2D eigenvalue weighted by atomic mass is 9.68. The average Bonchev–Trinajstić information content (AvgIpc) is 3.36. The molecule has 0 aliphatic heterocycles. The number of nitrogens with zero attached hydrogens (tertiary/aromatic N) is 5. The number of anilines is 2. The van der Waals surface area contributed by atoms with Gasteiger partial charge in [-0.2, -0.15) is 5.10 Å². The topological polar surface area (TPSA) is 139 Å². The molecule has 4 aromatic rings. The van der Waals surface area contributed by atoms with E-state index in [1.165, 1.54) is 18.9 Å². The van der Waals surface area contributed by atoms with Crippen LogP contribution in [-0.2, 0) is 16.1 Å². The Balaban J connectivity index is 1.21. The van der Waals surface area contributed by atoms with Gasteiger partial charge in [-0.15, -0.1) is 0 Å². The molecule has 3 aromatic heterocycles. The highest BCUT2D eigenvalue weighted by Crippen LogP contribution is 2.42. The fourth-order valence-corrected chi connectivity index (χ4v) is 6.26. The predicted octanol–water partition coefficient (Wildman–Crippen LogP) is 3.87. The highest BCUT2D eigenvalue weighted by Gasteiger charge is 2.36. The van der Waals surface area contributed by atoms with Crippen molar-refractivity contribution in [3.05, 3.63) is 59.9 Å². The van der Waals surface area contributed by atoms with Crippen LogP contribution < -0.4 is 21.3 Å². The Labute approximate surface area is 253 Å². The molecular weight excluding hydrogens is 568 g/mol. The first-order chi connectivity index (χ1) is 21.3. The van der Waals surface area contributed by atoms with Crippen molar-refractivity contribution in [3.63, 3.8) is 0 Å². The van der Waals surface area contributed by atoms with Gasteiger partial charge in [0.25, 0.3) is 0 Å². The van der Waals surface area contributed by atoms with E-state index < -0.39 is 17.7 Å². The summed E-state index contributed by atoms with van der Waals surface area (Å²) < 4.78 is 30.8. The molecule has 2 bridgehead atoms. The van der Waals surface area contributed by atoms with Gasteiger partial charge >= 0.3 is 0 Å². The van der Waals surface area contributed by atoms with E-state index in [4.69, 9.17) is 0 Å². The molecule has 4 N–H and O–H groups in total. The maximum absolute atomic E-state index is 14.9. The van der Waals surface area contributed by atoms with Crippen LogP contribution in [0.4, 0.5) is 20.3 Å². The van der Waals surface area contributed by atoms with Gasteiger partial charge in [-0.05, 0) is 68.8 Å². The van der Waals surface area contributed by atoms with Crippen LogP contribution in [0.5, 0.6) is 0 Å². The van der Waals surface area contributed by atoms with E-state index in [0.717, 1.165) is 37.2 Å². The van der Waals surface area contributed by atoms with Gasteiger partial charge in [0.15, 0.2) is 23.1 Å². The molecule has 44 heavy (non-hydrogen) atoms. The summed E-state index contributed by atoms with van der Waals surface area (Å²) in [5.74, 6) is -0.213. The van der Waals surface area contributed by atoms with Crippen LogP contribution in [0.2, 0.25) is 0 Å². The van der Waals surface area contributed by atoms with Crippen molar-refractivity contribution in [2.24, 2.45) is 11.8 Å². The van der Waals surface area contributed by atoms with E-state index in [9.17, 15) is 18.4 Å². The normalized spacial score (nSPS) is 20.0. The third-order valence-corrected chi connectivity index (χ3v) is 8.54. The number of nitrogens with one attached hydrogen (secondary N) is 4. The smallest absolute Gasteiger partial charge is 0.246 e. The third-order valence-electron chi connectivity index (χ3n) is 8.54. The Morgan fingerprint density at radius 2 is 1.84 bits per heavy atom. The van der Waals surface area contributed by atoms with Gasteiger partial charge in [-0.25, -0.2) is 28.4 Å². The number of rotatable bonds is 10. The number of benzene rings is 1. The molecule has 2 unspecified atom stereocenters. The van der Waals surface area contributed by atoms with E-state index in [0.29, 0.717) is 34.3 Å². The number of carbonyl (C=O) groups excluding carboxylic acids is 2. The van der Waals surface area contributed by atoms with Gasteiger partial charge in [-0.1, -0.05) is 25.0 Å². The number of amides is 2. The van der Waals surface area contributed by atoms with E-state index in [1.807, 2.05) is 12.1 Å². The molecule has 11 nitrogen and oxygen atoms in total. The van der Waals surface area contributed by atoms with Crippen molar-refractivity contribution in [2.45, 2.75) is 57.7 Å². The molecule has 2 atom stereocenters. The first-order valence-corrected chi connectivity index (χ1v) is 14.9. The standard InChI is InChI=1S/C31H35F2N9O2/c1-17(37-26(43)15-34-2)31(44)38-22-9-5-19(6-10-22)16-42-30-23(12-21(32)13-36-30)27(41-42)29-35-14-24(33)28(40-29)39-25-11-18-3-7-20(25)8-4-18/h5-6,9-10,12-14,17-18,20,25,34H,3-4,7-8,11,15-16H2,1-2H3,(H,37,43)(H,38,44)(H,35,39,40). The molecule has 13 heteroatoms. The fourth-order valence-electron chi connectivity index (χ4n) is 6.26. The fraction of sp³-hybridized carbons (Fsp3) is 0.419. The quantitative estimate of drug-likeness (QED) is 0.214. The maximum Gasteiger partial charge on any atom is 0.246 e. The summed E-state index contributed by atoms with van der Waals surface area (Å²) >= 11 is 0. The summed E-state index contributed by atoms with van der Waals surface area (Å²) in [5, 5.41) is 16.6. The molecule has 3 aliphatic rings. The van der Waals surface area contributed by atoms with Crippen LogP contribution in [0.3, 0.4) is 0 Å². The summed E-state index contributed by atoms with van der Waals surface area (Å²) in [7, 11) is 1.65. The number of likely N-dealkylation sites (N-methyl/N-ethyl adjacent to an activating group) is 1. The maximum atomic E-state index is 14.9. The Morgan fingerprint density at radius 3 is 2.55 bits per heavy atom. The number of halogens is 2. The first-order valence-electron chi connectivity index (χ1n) is 14.9. The molecular formula is C31H35F2N9O2. The Kier molecular flexibility index (Phi) is 8.47. The van der Waals surface area contributed by atoms with Crippen molar-refractivity contribution in [1.82, 2.24) is 35.4 Å².